The Balaban J connectivity index is 2.13. The van der Waals surface area contributed by atoms with Crippen molar-refractivity contribution in [2.75, 3.05) is 13.2 Å². The Morgan fingerprint density at radius 1 is 1.50 bits per heavy atom. The zero-order chi connectivity index (χ0) is 13.0. The van der Waals surface area contributed by atoms with E-state index in [0.717, 1.165) is 24.3 Å². The van der Waals surface area contributed by atoms with E-state index < -0.39 is 0 Å². The monoisotopic (exact) mass is 284 g/mol. The highest BCUT2D eigenvalue weighted by Gasteiger charge is 2.05. The fraction of sp³-hybridized carbons (Fsp3) is 0.500. The van der Waals surface area contributed by atoms with Crippen LogP contribution in [-0.4, -0.2) is 22.8 Å². The molecular formula is C12H16N2O2S2. The van der Waals surface area contributed by atoms with Crippen LogP contribution in [0.15, 0.2) is 16.2 Å². The maximum atomic E-state index is 12.2. The van der Waals surface area contributed by atoms with Gasteiger partial charge in [-0.2, -0.15) is 0 Å². The van der Waals surface area contributed by atoms with E-state index in [-0.39, 0.29) is 5.56 Å². The summed E-state index contributed by atoms with van der Waals surface area (Å²) in [6.07, 6.45) is 2.16. The van der Waals surface area contributed by atoms with E-state index in [1.165, 1.54) is 11.3 Å². The highest BCUT2D eigenvalue weighted by molar-refractivity contribution is 7.71. The summed E-state index contributed by atoms with van der Waals surface area (Å²) in [4.78, 5) is 16.1. The molecule has 0 atom stereocenters. The second kappa shape index (κ2) is 6.26. The summed E-state index contributed by atoms with van der Waals surface area (Å²) in [6, 6.07) is 1.82. The molecule has 2 aromatic heterocycles. The number of hydrogen-bond donors (Lipinski definition) is 1. The summed E-state index contributed by atoms with van der Waals surface area (Å²) in [5, 5.41) is 2.58. The second-order valence-corrected chi connectivity index (χ2v) is 5.32. The molecule has 0 bridgehead atoms. The molecule has 0 aliphatic carbocycles. The van der Waals surface area contributed by atoms with Gasteiger partial charge < -0.3 is 9.72 Å². The van der Waals surface area contributed by atoms with Gasteiger partial charge in [0.2, 0.25) is 0 Å². The molecule has 98 valence electrons. The quantitative estimate of drug-likeness (QED) is 0.655. The van der Waals surface area contributed by atoms with E-state index >= 15 is 0 Å². The minimum atomic E-state index is -0.0332. The molecule has 0 aliphatic heterocycles. The third-order valence-electron chi connectivity index (χ3n) is 2.71. The second-order valence-electron chi connectivity index (χ2n) is 4.02. The number of thiophene rings is 1. The first kappa shape index (κ1) is 13.5. The number of unbranched alkanes of at least 4 members (excludes halogenated alkanes) is 1. The molecule has 0 spiro atoms. The van der Waals surface area contributed by atoms with E-state index in [2.05, 4.69) is 11.9 Å². The predicted molar refractivity (Wildman–Crippen MR) is 77.0 cm³/mol. The average Bonchev–Trinajstić information content (AvgIpc) is 2.80. The smallest absolute Gasteiger partial charge is 0.263 e. The molecular weight excluding hydrogens is 268 g/mol. The fourth-order valence-corrected chi connectivity index (χ4v) is 2.80. The van der Waals surface area contributed by atoms with Crippen LogP contribution in [0.4, 0.5) is 0 Å². The Labute approximate surface area is 114 Å². The zero-order valence-electron chi connectivity index (χ0n) is 10.3. The molecule has 0 fully saturated rings. The summed E-state index contributed by atoms with van der Waals surface area (Å²) >= 11 is 6.68. The molecule has 18 heavy (non-hydrogen) atoms. The number of nitrogens with zero attached hydrogens (tertiary/aromatic N) is 1. The minimum absolute atomic E-state index is 0.0332. The van der Waals surface area contributed by atoms with Crippen molar-refractivity contribution in [2.24, 2.45) is 0 Å². The predicted octanol–water partition coefficient (Wildman–Crippen LogP) is 2.94. The van der Waals surface area contributed by atoms with Gasteiger partial charge in [0.05, 0.1) is 18.5 Å². The Morgan fingerprint density at radius 2 is 2.33 bits per heavy atom. The molecule has 0 saturated carbocycles. The number of rotatable bonds is 6. The number of ether oxygens (including phenoxy) is 1. The van der Waals surface area contributed by atoms with Gasteiger partial charge in [0.1, 0.15) is 4.83 Å². The summed E-state index contributed by atoms with van der Waals surface area (Å²) < 4.78 is 7.50. The van der Waals surface area contributed by atoms with Crippen LogP contribution in [0.25, 0.3) is 10.2 Å². The highest BCUT2D eigenvalue weighted by Crippen LogP contribution is 2.13. The van der Waals surface area contributed by atoms with Crippen LogP contribution in [-0.2, 0) is 11.3 Å². The third-order valence-corrected chi connectivity index (χ3v) is 3.86. The number of H-pyrrole nitrogens is 1. The first-order valence-electron chi connectivity index (χ1n) is 6.02. The van der Waals surface area contributed by atoms with Crippen molar-refractivity contribution in [3.63, 3.8) is 0 Å². The van der Waals surface area contributed by atoms with Gasteiger partial charge in [0.25, 0.3) is 5.56 Å². The van der Waals surface area contributed by atoms with Crippen LogP contribution in [0.1, 0.15) is 19.8 Å². The zero-order valence-corrected chi connectivity index (χ0v) is 11.9. The van der Waals surface area contributed by atoms with Crippen LogP contribution in [0.5, 0.6) is 0 Å². The number of nitrogens with one attached hydrogen (secondary N) is 1. The van der Waals surface area contributed by atoms with E-state index in [9.17, 15) is 4.79 Å². The van der Waals surface area contributed by atoms with Gasteiger partial charge in [-0.25, -0.2) is 0 Å². The molecule has 2 aromatic rings. The Kier molecular flexibility index (Phi) is 4.68. The third kappa shape index (κ3) is 2.88. The maximum absolute atomic E-state index is 12.2. The molecule has 0 aromatic carbocycles. The first-order chi connectivity index (χ1) is 8.74. The molecule has 2 heterocycles. The molecule has 6 heteroatoms. The van der Waals surface area contributed by atoms with E-state index in [1.54, 1.807) is 4.57 Å². The van der Waals surface area contributed by atoms with Crippen molar-refractivity contribution in [1.82, 2.24) is 9.55 Å². The largest absolute Gasteiger partial charge is 0.380 e. The summed E-state index contributed by atoms with van der Waals surface area (Å²) in [5.74, 6) is 0. The lowest BCUT2D eigenvalue weighted by atomic mass is 10.4. The topological polar surface area (TPSA) is 47.0 Å². The van der Waals surface area contributed by atoms with Crippen molar-refractivity contribution in [1.29, 1.82) is 0 Å². The molecule has 0 radical (unpaired) electrons. The highest BCUT2D eigenvalue weighted by atomic mass is 32.1. The molecule has 0 unspecified atom stereocenters. The molecule has 1 N–H and O–H groups in total. The van der Waals surface area contributed by atoms with Crippen LogP contribution in [0.3, 0.4) is 0 Å². The molecule has 0 amide bonds. The minimum Gasteiger partial charge on any atom is -0.380 e. The van der Waals surface area contributed by atoms with Crippen molar-refractivity contribution in [2.45, 2.75) is 26.3 Å². The fourth-order valence-electron chi connectivity index (χ4n) is 1.68. The number of hydrogen-bond acceptors (Lipinski definition) is 4. The van der Waals surface area contributed by atoms with Crippen molar-refractivity contribution in [3.8, 4) is 0 Å². The Hall–Kier alpha value is -0.980. The molecule has 4 nitrogen and oxygen atoms in total. The van der Waals surface area contributed by atoms with E-state index in [0.29, 0.717) is 23.3 Å². The van der Waals surface area contributed by atoms with Crippen molar-refractivity contribution >= 4 is 33.8 Å². The maximum Gasteiger partial charge on any atom is 0.263 e. The molecule has 0 saturated heterocycles. The lowest BCUT2D eigenvalue weighted by molar-refractivity contribution is 0.122. The van der Waals surface area contributed by atoms with Crippen LogP contribution < -0.4 is 5.56 Å². The number of fused-ring (bicyclic) bond motifs is 1. The molecule has 2 rings (SSSR count). The summed E-state index contributed by atoms with van der Waals surface area (Å²) in [5.41, 5.74) is -0.0332. The van der Waals surface area contributed by atoms with Gasteiger partial charge in [0.15, 0.2) is 4.77 Å². The van der Waals surface area contributed by atoms with Crippen LogP contribution >= 0.6 is 23.6 Å². The van der Waals surface area contributed by atoms with E-state index in [1.807, 2.05) is 11.4 Å². The lowest BCUT2D eigenvalue weighted by Gasteiger charge is -2.07. The molecule has 0 aliphatic rings. The Bertz CT molecular complexity index is 627. The van der Waals surface area contributed by atoms with E-state index in [4.69, 9.17) is 17.0 Å². The van der Waals surface area contributed by atoms with Gasteiger partial charge in [0, 0.05) is 6.61 Å². The standard InChI is InChI=1S/C12H16N2O2S2/c1-2-3-6-16-7-5-14-11(15)9-4-8-18-10(9)13-12(14)17/h4,8H,2-3,5-7H2,1H3,(H,13,17). The van der Waals surface area contributed by atoms with Gasteiger partial charge >= 0.3 is 0 Å². The van der Waals surface area contributed by atoms with Gasteiger partial charge in [-0.05, 0) is 30.1 Å². The van der Waals surface area contributed by atoms with Crippen LogP contribution in [0, 0.1) is 4.77 Å². The number of aromatic amines is 1. The van der Waals surface area contributed by atoms with Gasteiger partial charge in [-0.1, -0.05) is 13.3 Å². The SMILES string of the molecule is CCCCOCCn1c(=S)[nH]c2sccc2c1=O. The Morgan fingerprint density at radius 3 is 3.11 bits per heavy atom. The van der Waals surface area contributed by atoms with Gasteiger partial charge in [-0.15, -0.1) is 11.3 Å². The van der Waals surface area contributed by atoms with Crippen molar-refractivity contribution < 1.29 is 4.74 Å². The summed E-state index contributed by atoms with van der Waals surface area (Å²) in [7, 11) is 0. The van der Waals surface area contributed by atoms with Crippen molar-refractivity contribution in [3.05, 3.63) is 26.6 Å². The average molecular weight is 284 g/mol. The summed E-state index contributed by atoms with van der Waals surface area (Å²) in [6.45, 7) is 3.88. The first-order valence-corrected chi connectivity index (χ1v) is 7.31. The lowest BCUT2D eigenvalue weighted by Crippen LogP contribution is -2.23. The van der Waals surface area contributed by atoms with Gasteiger partial charge in [-0.3, -0.25) is 9.36 Å². The number of aromatic nitrogens is 2. The normalized spacial score (nSPS) is 11.2. The van der Waals surface area contributed by atoms with Crippen LogP contribution in [0.2, 0.25) is 0 Å².